The number of rotatable bonds is 5. The first kappa shape index (κ1) is 12.9. The number of hydrogen-bond donors (Lipinski definition) is 2. The largest absolute Gasteiger partial charge is 0.481 e. The maximum Gasteiger partial charge on any atom is 0.303 e. The van der Waals surface area contributed by atoms with Crippen molar-refractivity contribution >= 4 is 11.8 Å². The van der Waals surface area contributed by atoms with Crippen molar-refractivity contribution in [3.8, 4) is 6.07 Å². The Morgan fingerprint density at radius 1 is 1.47 bits per heavy atom. The summed E-state index contributed by atoms with van der Waals surface area (Å²) in [5.41, 5.74) is 1.98. The van der Waals surface area contributed by atoms with E-state index in [1.54, 1.807) is 6.92 Å². The second kappa shape index (κ2) is 5.80. The fourth-order valence-electron chi connectivity index (χ4n) is 1.32. The zero-order valence-corrected chi connectivity index (χ0v) is 9.82. The van der Waals surface area contributed by atoms with E-state index in [1.807, 2.05) is 6.92 Å². The Morgan fingerprint density at radius 2 is 2.18 bits per heavy atom. The molecule has 0 fully saturated rings. The van der Waals surface area contributed by atoms with Gasteiger partial charge in [0.1, 0.15) is 11.6 Å². The Hall–Kier alpha value is -2.16. The molecule has 1 aromatic rings. The van der Waals surface area contributed by atoms with Crippen LogP contribution >= 0.6 is 0 Å². The first-order valence-corrected chi connectivity index (χ1v) is 5.26. The zero-order chi connectivity index (χ0) is 12.8. The summed E-state index contributed by atoms with van der Waals surface area (Å²) < 4.78 is 0. The van der Waals surface area contributed by atoms with E-state index in [1.165, 1.54) is 0 Å². The summed E-state index contributed by atoms with van der Waals surface area (Å²) in [6, 6.07) is 2.07. The molecule has 17 heavy (non-hydrogen) atoms. The first-order chi connectivity index (χ1) is 8.06. The summed E-state index contributed by atoms with van der Waals surface area (Å²) in [6.45, 7) is 4.06. The number of nitrogens with one attached hydrogen (secondary N) is 1. The number of aryl methyl sites for hydroxylation is 1. The van der Waals surface area contributed by atoms with E-state index in [0.717, 1.165) is 11.3 Å². The number of aliphatic carboxylic acids is 1. The average molecular weight is 234 g/mol. The fourth-order valence-corrected chi connectivity index (χ4v) is 1.32. The molecule has 0 aromatic carbocycles. The fraction of sp³-hybridized carbons (Fsp3) is 0.455. The van der Waals surface area contributed by atoms with Gasteiger partial charge in [-0.1, -0.05) is 0 Å². The average Bonchev–Trinajstić information content (AvgIpc) is 2.29. The zero-order valence-electron chi connectivity index (χ0n) is 9.82. The van der Waals surface area contributed by atoms with Gasteiger partial charge in [0, 0.05) is 13.0 Å². The monoisotopic (exact) mass is 234 g/mol. The van der Waals surface area contributed by atoms with Crippen molar-refractivity contribution in [2.75, 3.05) is 11.9 Å². The van der Waals surface area contributed by atoms with E-state index in [4.69, 9.17) is 10.4 Å². The first-order valence-electron chi connectivity index (χ1n) is 5.26. The number of anilines is 1. The minimum atomic E-state index is -0.835. The van der Waals surface area contributed by atoms with Crippen LogP contribution in [-0.2, 0) is 4.79 Å². The molecule has 6 heteroatoms. The Morgan fingerprint density at radius 3 is 2.76 bits per heavy atom. The predicted molar refractivity (Wildman–Crippen MR) is 61.6 cm³/mol. The normalized spacial score (nSPS) is 9.71. The van der Waals surface area contributed by atoms with Crippen LogP contribution in [0, 0.1) is 25.2 Å². The van der Waals surface area contributed by atoms with Crippen molar-refractivity contribution in [2.24, 2.45) is 0 Å². The highest BCUT2D eigenvalue weighted by molar-refractivity contribution is 5.66. The van der Waals surface area contributed by atoms with Crippen LogP contribution in [0.1, 0.15) is 29.7 Å². The Balaban J connectivity index is 2.69. The number of aromatic nitrogens is 2. The summed E-state index contributed by atoms with van der Waals surface area (Å²) in [4.78, 5) is 10.3. The summed E-state index contributed by atoms with van der Waals surface area (Å²) >= 11 is 0. The van der Waals surface area contributed by atoms with Gasteiger partial charge in [0.15, 0.2) is 5.82 Å². The van der Waals surface area contributed by atoms with Crippen LogP contribution in [0.4, 0.5) is 5.82 Å². The highest BCUT2D eigenvalue weighted by Gasteiger charge is 2.10. The van der Waals surface area contributed by atoms with Crippen LogP contribution in [0.3, 0.4) is 0 Å². The minimum absolute atomic E-state index is 0.0904. The topological polar surface area (TPSA) is 98.9 Å². The van der Waals surface area contributed by atoms with Gasteiger partial charge in [0.2, 0.25) is 0 Å². The molecule has 0 radical (unpaired) electrons. The van der Waals surface area contributed by atoms with Gasteiger partial charge < -0.3 is 10.4 Å². The smallest absolute Gasteiger partial charge is 0.303 e. The molecule has 1 heterocycles. The molecule has 1 aromatic heterocycles. The van der Waals surface area contributed by atoms with E-state index in [0.29, 0.717) is 24.3 Å². The van der Waals surface area contributed by atoms with Gasteiger partial charge in [-0.05, 0) is 25.8 Å². The molecule has 0 aliphatic rings. The van der Waals surface area contributed by atoms with E-state index in [2.05, 4.69) is 21.6 Å². The molecule has 0 saturated carbocycles. The Labute approximate surface area is 99.3 Å². The second-order valence-electron chi connectivity index (χ2n) is 3.67. The molecule has 0 atom stereocenters. The Bertz CT molecular complexity index is 465. The summed E-state index contributed by atoms with van der Waals surface area (Å²) in [7, 11) is 0. The lowest BCUT2D eigenvalue weighted by Crippen LogP contribution is -2.10. The Kier molecular flexibility index (Phi) is 4.40. The van der Waals surface area contributed by atoms with Crippen molar-refractivity contribution in [2.45, 2.75) is 26.7 Å². The molecule has 0 aliphatic carbocycles. The van der Waals surface area contributed by atoms with E-state index < -0.39 is 5.97 Å². The highest BCUT2D eigenvalue weighted by atomic mass is 16.4. The van der Waals surface area contributed by atoms with Crippen molar-refractivity contribution in [3.05, 3.63) is 16.8 Å². The van der Waals surface area contributed by atoms with E-state index >= 15 is 0 Å². The van der Waals surface area contributed by atoms with Gasteiger partial charge in [-0.25, -0.2) is 0 Å². The molecular weight excluding hydrogens is 220 g/mol. The lowest BCUT2D eigenvalue weighted by molar-refractivity contribution is -0.137. The quantitative estimate of drug-likeness (QED) is 0.744. The maximum atomic E-state index is 10.3. The number of nitrogens with zero attached hydrogens (tertiary/aromatic N) is 3. The molecule has 0 unspecified atom stereocenters. The summed E-state index contributed by atoms with van der Waals surface area (Å²) in [5.74, 6) is -0.417. The van der Waals surface area contributed by atoms with Crippen LogP contribution in [0.15, 0.2) is 0 Å². The van der Waals surface area contributed by atoms with Crippen LogP contribution < -0.4 is 5.32 Å². The second-order valence-corrected chi connectivity index (χ2v) is 3.67. The molecule has 0 saturated heterocycles. The number of hydrogen-bond acceptors (Lipinski definition) is 5. The van der Waals surface area contributed by atoms with Crippen molar-refractivity contribution in [1.29, 1.82) is 5.26 Å². The molecule has 90 valence electrons. The number of carboxylic acids is 1. The molecular formula is C11H14N4O2. The lowest BCUT2D eigenvalue weighted by Gasteiger charge is -2.08. The molecule has 0 spiro atoms. The van der Waals surface area contributed by atoms with Crippen molar-refractivity contribution < 1.29 is 9.90 Å². The van der Waals surface area contributed by atoms with Gasteiger partial charge in [0.05, 0.1) is 5.69 Å². The third-order valence-electron chi connectivity index (χ3n) is 2.43. The molecule has 0 amide bonds. The van der Waals surface area contributed by atoms with E-state index in [9.17, 15) is 4.79 Å². The molecule has 0 aliphatic heterocycles. The molecule has 1 rings (SSSR count). The van der Waals surface area contributed by atoms with Crippen LogP contribution in [-0.4, -0.2) is 27.8 Å². The number of carboxylic acid groups (broad SMARTS) is 1. The molecule has 6 nitrogen and oxygen atoms in total. The van der Waals surface area contributed by atoms with Crippen LogP contribution in [0.25, 0.3) is 0 Å². The minimum Gasteiger partial charge on any atom is -0.481 e. The van der Waals surface area contributed by atoms with Gasteiger partial charge in [0.25, 0.3) is 0 Å². The molecule has 0 bridgehead atoms. The van der Waals surface area contributed by atoms with Crippen molar-refractivity contribution in [3.63, 3.8) is 0 Å². The van der Waals surface area contributed by atoms with E-state index in [-0.39, 0.29) is 6.42 Å². The SMILES string of the molecule is Cc1nnc(NCCCC(=O)O)c(C#N)c1C. The lowest BCUT2D eigenvalue weighted by atomic mass is 10.1. The van der Waals surface area contributed by atoms with Gasteiger partial charge in [-0.3, -0.25) is 4.79 Å². The van der Waals surface area contributed by atoms with Gasteiger partial charge in [-0.15, -0.1) is 5.10 Å². The van der Waals surface area contributed by atoms with Gasteiger partial charge >= 0.3 is 5.97 Å². The maximum absolute atomic E-state index is 10.3. The summed E-state index contributed by atoms with van der Waals surface area (Å²) in [6.07, 6.45) is 0.571. The van der Waals surface area contributed by atoms with Gasteiger partial charge in [-0.2, -0.15) is 10.4 Å². The van der Waals surface area contributed by atoms with Crippen LogP contribution in [0.2, 0.25) is 0 Å². The summed E-state index contributed by atoms with van der Waals surface area (Å²) in [5, 5.41) is 28.2. The number of nitriles is 1. The third kappa shape index (κ3) is 3.41. The van der Waals surface area contributed by atoms with Crippen LogP contribution in [0.5, 0.6) is 0 Å². The third-order valence-corrected chi connectivity index (χ3v) is 2.43. The molecule has 2 N–H and O–H groups in total. The number of carbonyl (C=O) groups is 1. The highest BCUT2D eigenvalue weighted by Crippen LogP contribution is 2.16. The van der Waals surface area contributed by atoms with Crippen molar-refractivity contribution in [1.82, 2.24) is 10.2 Å². The predicted octanol–water partition coefficient (Wildman–Crippen LogP) is 1.24. The standard InChI is InChI=1S/C11H14N4O2/c1-7-8(2)14-15-11(9(7)6-12)13-5-3-4-10(16)17/h3-5H2,1-2H3,(H,13,15)(H,16,17).